The molecule has 20 heavy (non-hydrogen) atoms. The molecule has 0 radical (unpaired) electrons. The third-order valence-electron chi connectivity index (χ3n) is 3.17. The van der Waals surface area contributed by atoms with Gasteiger partial charge < -0.3 is 15.7 Å². The van der Waals surface area contributed by atoms with Crippen LogP contribution in [0.2, 0.25) is 0 Å². The molecule has 1 heterocycles. The summed E-state index contributed by atoms with van der Waals surface area (Å²) in [4.78, 5) is 22.7. The van der Waals surface area contributed by atoms with Crippen LogP contribution in [0.3, 0.4) is 0 Å². The van der Waals surface area contributed by atoms with Gasteiger partial charge in [0.25, 0.3) is 0 Å². The molecule has 3 N–H and O–H groups in total. The van der Waals surface area contributed by atoms with E-state index < -0.39 is 35.1 Å². The maximum atomic E-state index is 13.6. The summed E-state index contributed by atoms with van der Waals surface area (Å²) < 4.78 is 26.8. The smallest absolute Gasteiger partial charge is 0.338 e. The van der Waals surface area contributed by atoms with Crippen LogP contribution >= 0.6 is 0 Å². The van der Waals surface area contributed by atoms with Gasteiger partial charge in [0.15, 0.2) is 0 Å². The highest BCUT2D eigenvalue weighted by Gasteiger charge is 2.22. The lowest BCUT2D eigenvalue weighted by Crippen LogP contribution is -2.43. The van der Waals surface area contributed by atoms with Crippen LogP contribution in [-0.2, 0) is 4.79 Å². The number of carboxylic acid groups (broad SMARTS) is 1. The molecular weight excluding hydrogens is 270 g/mol. The van der Waals surface area contributed by atoms with Crippen LogP contribution in [0.1, 0.15) is 29.6 Å². The summed E-state index contributed by atoms with van der Waals surface area (Å²) in [5, 5.41) is 14.1. The Morgan fingerprint density at radius 2 is 2.00 bits per heavy atom. The van der Waals surface area contributed by atoms with Crippen LogP contribution < -0.4 is 10.6 Å². The van der Waals surface area contributed by atoms with E-state index in [-0.39, 0.29) is 5.69 Å². The second-order valence-corrected chi connectivity index (χ2v) is 4.61. The third kappa shape index (κ3) is 3.11. The van der Waals surface area contributed by atoms with Crippen molar-refractivity contribution in [1.29, 1.82) is 0 Å². The van der Waals surface area contributed by atoms with Gasteiger partial charge in [0.05, 0.1) is 17.3 Å². The normalized spacial score (nSPS) is 18.6. The lowest BCUT2D eigenvalue weighted by atomic mass is 10.0. The minimum atomic E-state index is -1.52. The zero-order valence-electron chi connectivity index (χ0n) is 10.6. The summed E-state index contributed by atoms with van der Waals surface area (Å²) in [5.74, 6) is -4.15. The Labute approximate surface area is 114 Å². The lowest BCUT2D eigenvalue weighted by Gasteiger charge is -2.22. The molecule has 1 aromatic rings. The van der Waals surface area contributed by atoms with Gasteiger partial charge in [0, 0.05) is 6.07 Å². The average Bonchev–Trinajstić information content (AvgIpc) is 2.42. The Bertz CT molecular complexity index is 543. The van der Waals surface area contributed by atoms with Crippen molar-refractivity contribution >= 4 is 17.6 Å². The Balaban J connectivity index is 2.18. The van der Waals surface area contributed by atoms with Crippen LogP contribution in [-0.4, -0.2) is 29.6 Å². The Hall–Kier alpha value is -2.02. The maximum Gasteiger partial charge on any atom is 0.338 e. The van der Waals surface area contributed by atoms with Crippen LogP contribution in [0, 0.1) is 11.6 Å². The number of piperidine rings is 1. The zero-order chi connectivity index (χ0) is 14.7. The minimum Gasteiger partial charge on any atom is -0.478 e. The molecule has 108 valence electrons. The zero-order valence-corrected chi connectivity index (χ0v) is 10.6. The first-order valence-electron chi connectivity index (χ1n) is 6.25. The van der Waals surface area contributed by atoms with E-state index in [4.69, 9.17) is 5.11 Å². The monoisotopic (exact) mass is 284 g/mol. The second kappa shape index (κ2) is 5.96. The van der Waals surface area contributed by atoms with E-state index in [1.54, 1.807) is 0 Å². The van der Waals surface area contributed by atoms with Crippen molar-refractivity contribution < 1.29 is 23.5 Å². The number of carbonyl (C=O) groups is 2. The number of carbonyl (C=O) groups excluding carboxylic acids is 1. The number of halogens is 2. The number of hydrogen-bond donors (Lipinski definition) is 3. The summed E-state index contributed by atoms with van der Waals surface area (Å²) >= 11 is 0. The van der Waals surface area contributed by atoms with Crippen molar-refractivity contribution in [3.63, 3.8) is 0 Å². The number of hydrogen-bond acceptors (Lipinski definition) is 3. The fourth-order valence-electron chi connectivity index (χ4n) is 2.10. The molecule has 0 unspecified atom stereocenters. The highest BCUT2D eigenvalue weighted by molar-refractivity contribution is 5.96. The highest BCUT2D eigenvalue weighted by atomic mass is 19.1. The molecule has 1 fully saturated rings. The van der Waals surface area contributed by atoms with Crippen LogP contribution in [0.15, 0.2) is 12.1 Å². The first-order chi connectivity index (χ1) is 9.49. The number of carboxylic acids is 1. The topological polar surface area (TPSA) is 78.4 Å². The molecule has 0 aliphatic carbocycles. The molecule has 1 saturated heterocycles. The molecule has 0 saturated carbocycles. The summed E-state index contributed by atoms with van der Waals surface area (Å²) in [6.07, 6.45) is 2.48. The molecule has 1 aromatic carbocycles. The quantitative estimate of drug-likeness (QED) is 0.790. The lowest BCUT2D eigenvalue weighted by molar-refractivity contribution is -0.118. The molecule has 1 atom stereocenters. The van der Waals surface area contributed by atoms with Crippen LogP contribution in [0.5, 0.6) is 0 Å². The molecule has 0 aromatic heterocycles. The van der Waals surface area contributed by atoms with Crippen molar-refractivity contribution in [3.8, 4) is 0 Å². The predicted molar refractivity (Wildman–Crippen MR) is 67.6 cm³/mol. The number of rotatable bonds is 3. The van der Waals surface area contributed by atoms with Gasteiger partial charge in [0.1, 0.15) is 11.6 Å². The van der Waals surface area contributed by atoms with Crippen molar-refractivity contribution in [2.75, 3.05) is 11.9 Å². The molecule has 2 rings (SSSR count). The van der Waals surface area contributed by atoms with Gasteiger partial charge in [-0.25, -0.2) is 13.6 Å². The first-order valence-corrected chi connectivity index (χ1v) is 6.25. The molecule has 5 nitrogen and oxygen atoms in total. The fraction of sp³-hybridized carbons (Fsp3) is 0.385. The van der Waals surface area contributed by atoms with E-state index >= 15 is 0 Å². The summed E-state index contributed by atoms with van der Waals surface area (Å²) in [6, 6.07) is 0.794. The van der Waals surface area contributed by atoms with Gasteiger partial charge in [0.2, 0.25) is 5.91 Å². The molecular formula is C13H14F2N2O3. The molecule has 1 aliphatic heterocycles. The minimum absolute atomic E-state index is 0.332. The second-order valence-electron chi connectivity index (χ2n) is 4.61. The summed E-state index contributed by atoms with van der Waals surface area (Å²) in [6.45, 7) is 0.699. The Morgan fingerprint density at radius 1 is 1.25 bits per heavy atom. The van der Waals surface area contributed by atoms with Crippen molar-refractivity contribution in [3.05, 3.63) is 29.3 Å². The third-order valence-corrected chi connectivity index (χ3v) is 3.17. The molecule has 1 amide bonds. The maximum absolute atomic E-state index is 13.6. The van der Waals surface area contributed by atoms with E-state index in [0.29, 0.717) is 19.0 Å². The van der Waals surface area contributed by atoms with Crippen molar-refractivity contribution in [2.45, 2.75) is 25.3 Å². The van der Waals surface area contributed by atoms with E-state index in [1.807, 2.05) is 0 Å². The number of anilines is 1. The molecule has 7 heteroatoms. The number of amides is 1. The van der Waals surface area contributed by atoms with Gasteiger partial charge in [-0.2, -0.15) is 0 Å². The summed E-state index contributed by atoms with van der Waals surface area (Å²) in [7, 11) is 0. The highest BCUT2D eigenvalue weighted by Crippen LogP contribution is 2.20. The molecule has 0 spiro atoms. The van der Waals surface area contributed by atoms with E-state index in [9.17, 15) is 18.4 Å². The number of nitrogens with one attached hydrogen (secondary N) is 2. The van der Waals surface area contributed by atoms with Gasteiger partial charge in [-0.05, 0) is 25.5 Å². The molecule has 0 bridgehead atoms. The van der Waals surface area contributed by atoms with Crippen molar-refractivity contribution in [1.82, 2.24) is 5.32 Å². The number of aromatic carboxylic acids is 1. The van der Waals surface area contributed by atoms with Gasteiger partial charge >= 0.3 is 5.97 Å². The van der Waals surface area contributed by atoms with Gasteiger partial charge in [-0.3, -0.25) is 4.79 Å². The average molecular weight is 284 g/mol. The first kappa shape index (κ1) is 14.4. The van der Waals surface area contributed by atoms with E-state index in [0.717, 1.165) is 18.9 Å². The van der Waals surface area contributed by atoms with Crippen molar-refractivity contribution in [2.24, 2.45) is 0 Å². The Morgan fingerprint density at radius 3 is 2.60 bits per heavy atom. The van der Waals surface area contributed by atoms with Gasteiger partial charge in [-0.15, -0.1) is 0 Å². The fourth-order valence-corrected chi connectivity index (χ4v) is 2.10. The number of benzene rings is 1. The molecule has 1 aliphatic rings. The SMILES string of the molecule is O=C(O)c1cc(NC(=O)[C@H]2CCCCN2)c(F)cc1F. The Kier molecular flexibility index (Phi) is 4.29. The summed E-state index contributed by atoms with van der Waals surface area (Å²) in [5.41, 5.74) is -1.01. The van der Waals surface area contributed by atoms with E-state index in [2.05, 4.69) is 10.6 Å². The largest absolute Gasteiger partial charge is 0.478 e. The van der Waals surface area contributed by atoms with Gasteiger partial charge in [-0.1, -0.05) is 6.42 Å². The van der Waals surface area contributed by atoms with Crippen LogP contribution in [0.4, 0.5) is 14.5 Å². The predicted octanol–water partition coefficient (Wildman–Crippen LogP) is 1.74. The standard InChI is InChI=1S/C13H14F2N2O3/c14-8-6-9(15)11(5-7(8)13(19)20)17-12(18)10-3-1-2-4-16-10/h5-6,10,16H,1-4H2,(H,17,18)(H,19,20)/t10-/m1/s1. The van der Waals surface area contributed by atoms with E-state index in [1.165, 1.54) is 0 Å². The van der Waals surface area contributed by atoms with Crippen LogP contribution in [0.25, 0.3) is 0 Å².